The van der Waals surface area contributed by atoms with E-state index >= 15 is 0 Å². The first-order valence-corrected chi connectivity index (χ1v) is 8.95. The molecule has 0 saturated carbocycles. The Hall–Kier alpha value is -3.22. The summed E-state index contributed by atoms with van der Waals surface area (Å²) in [4.78, 5) is 43.8. The van der Waals surface area contributed by atoms with Crippen molar-refractivity contribution >= 4 is 29.0 Å². The number of amides is 2. The van der Waals surface area contributed by atoms with E-state index < -0.39 is 0 Å². The number of pyridine rings is 1. The van der Waals surface area contributed by atoms with Crippen LogP contribution >= 0.6 is 0 Å². The van der Waals surface area contributed by atoms with E-state index in [-0.39, 0.29) is 17.6 Å². The van der Waals surface area contributed by atoms with Crippen molar-refractivity contribution < 1.29 is 14.4 Å². The van der Waals surface area contributed by atoms with Crippen LogP contribution in [0.15, 0.2) is 36.5 Å². The second-order valence-electron chi connectivity index (χ2n) is 6.83. The van der Waals surface area contributed by atoms with Crippen LogP contribution in [0, 0.1) is 0 Å². The highest BCUT2D eigenvalue weighted by Crippen LogP contribution is 2.25. The van der Waals surface area contributed by atoms with Gasteiger partial charge in [-0.15, -0.1) is 0 Å². The number of carbonyl (C=O) groups excluding carboxylic acids is 3. The van der Waals surface area contributed by atoms with Crippen LogP contribution in [-0.2, 0) is 11.2 Å². The van der Waals surface area contributed by atoms with Gasteiger partial charge in [0, 0.05) is 44.4 Å². The third kappa shape index (κ3) is 3.40. The molecule has 7 nitrogen and oxygen atoms in total. The van der Waals surface area contributed by atoms with E-state index in [2.05, 4.69) is 15.2 Å². The first kappa shape index (κ1) is 17.2. The minimum Gasteiger partial charge on any atom is -0.367 e. The van der Waals surface area contributed by atoms with Gasteiger partial charge in [0.25, 0.3) is 5.91 Å². The summed E-state index contributed by atoms with van der Waals surface area (Å²) < 4.78 is 0. The Bertz CT molecular complexity index is 915. The molecule has 138 valence electrons. The lowest BCUT2D eigenvalue weighted by Gasteiger charge is -2.36. The summed E-state index contributed by atoms with van der Waals surface area (Å²) in [5, 5.41) is 2.78. The lowest BCUT2D eigenvalue weighted by atomic mass is 10.1. The van der Waals surface area contributed by atoms with E-state index in [0.29, 0.717) is 43.9 Å². The minimum absolute atomic E-state index is 0.0122. The van der Waals surface area contributed by atoms with Crippen molar-refractivity contribution in [3.05, 3.63) is 53.3 Å². The Labute approximate surface area is 157 Å². The van der Waals surface area contributed by atoms with Crippen LogP contribution in [0.2, 0.25) is 0 Å². The number of piperazine rings is 1. The Kier molecular flexibility index (Phi) is 4.35. The first-order chi connectivity index (χ1) is 13.0. The van der Waals surface area contributed by atoms with E-state index in [0.717, 1.165) is 16.9 Å². The molecule has 27 heavy (non-hydrogen) atoms. The molecular formula is C20H20N4O3. The predicted octanol–water partition coefficient (Wildman–Crippen LogP) is 1.74. The van der Waals surface area contributed by atoms with Crippen LogP contribution in [0.4, 0.5) is 11.4 Å². The quantitative estimate of drug-likeness (QED) is 0.839. The number of hydrogen-bond donors (Lipinski definition) is 1. The van der Waals surface area contributed by atoms with Gasteiger partial charge in [0.2, 0.25) is 5.91 Å². The van der Waals surface area contributed by atoms with Crippen molar-refractivity contribution in [2.45, 2.75) is 13.3 Å². The average Bonchev–Trinajstić information content (AvgIpc) is 3.07. The van der Waals surface area contributed by atoms with Crippen molar-refractivity contribution in [1.29, 1.82) is 0 Å². The molecule has 0 unspecified atom stereocenters. The fourth-order valence-electron chi connectivity index (χ4n) is 3.49. The maximum Gasteiger partial charge on any atom is 0.253 e. The van der Waals surface area contributed by atoms with Gasteiger partial charge in [0.15, 0.2) is 5.78 Å². The van der Waals surface area contributed by atoms with Gasteiger partial charge in [0.1, 0.15) is 5.69 Å². The minimum atomic E-state index is -0.0526. The third-order valence-corrected chi connectivity index (χ3v) is 5.02. The van der Waals surface area contributed by atoms with Gasteiger partial charge in [-0.1, -0.05) is 0 Å². The molecule has 0 radical (unpaired) electrons. The van der Waals surface area contributed by atoms with Gasteiger partial charge in [-0.05, 0) is 35.9 Å². The monoisotopic (exact) mass is 364 g/mol. The number of carbonyl (C=O) groups is 3. The SMILES string of the molecule is CC(=O)c1ccc(N2CCN(C(=O)c3ccc4c(c3)CC(=O)N4)CC2)cn1. The highest BCUT2D eigenvalue weighted by molar-refractivity contribution is 6.01. The number of nitrogens with zero attached hydrogens (tertiary/aromatic N) is 3. The van der Waals surface area contributed by atoms with Gasteiger partial charge in [-0.25, -0.2) is 0 Å². The number of aromatic nitrogens is 1. The number of Topliss-reactive ketones (excluding diaryl/α,β-unsaturated/α-hetero) is 1. The Morgan fingerprint density at radius 1 is 1.07 bits per heavy atom. The highest BCUT2D eigenvalue weighted by Gasteiger charge is 2.25. The van der Waals surface area contributed by atoms with E-state index in [1.807, 2.05) is 17.0 Å². The van der Waals surface area contributed by atoms with Crippen LogP contribution < -0.4 is 10.2 Å². The predicted molar refractivity (Wildman–Crippen MR) is 101 cm³/mol. The summed E-state index contributed by atoms with van der Waals surface area (Å²) in [6.07, 6.45) is 2.03. The fraction of sp³-hybridized carbons (Fsp3) is 0.300. The highest BCUT2D eigenvalue weighted by atomic mass is 16.2. The molecule has 1 aromatic heterocycles. The lowest BCUT2D eigenvalue weighted by Crippen LogP contribution is -2.48. The van der Waals surface area contributed by atoms with Gasteiger partial charge in [-0.3, -0.25) is 19.4 Å². The van der Waals surface area contributed by atoms with Gasteiger partial charge >= 0.3 is 0 Å². The summed E-state index contributed by atoms with van der Waals surface area (Å²) in [7, 11) is 0. The molecule has 0 atom stereocenters. The second-order valence-corrected chi connectivity index (χ2v) is 6.83. The average molecular weight is 364 g/mol. The molecule has 4 rings (SSSR count). The summed E-state index contributed by atoms with van der Waals surface area (Å²) in [6.45, 7) is 4.14. The lowest BCUT2D eigenvalue weighted by molar-refractivity contribution is -0.115. The summed E-state index contributed by atoms with van der Waals surface area (Å²) >= 11 is 0. The summed E-state index contributed by atoms with van der Waals surface area (Å²) in [6, 6.07) is 9.00. The van der Waals surface area contributed by atoms with Crippen LogP contribution in [0.5, 0.6) is 0 Å². The molecule has 2 amide bonds. The number of rotatable bonds is 3. The van der Waals surface area contributed by atoms with Crippen molar-refractivity contribution in [2.75, 3.05) is 36.4 Å². The fourth-order valence-corrected chi connectivity index (χ4v) is 3.49. The van der Waals surface area contributed by atoms with Crippen molar-refractivity contribution in [2.24, 2.45) is 0 Å². The van der Waals surface area contributed by atoms with E-state index in [4.69, 9.17) is 0 Å². The molecule has 1 N–H and O–H groups in total. The first-order valence-electron chi connectivity index (χ1n) is 8.95. The second kappa shape index (κ2) is 6.83. The molecule has 2 aromatic rings. The maximum atomic E-state index is 12.8. The standard InChI is InChI=1S/C20H20N4O3/c1-13(25)17-5-3-16(12-21-17)23-6-8-24(9-7-23)20(27)14-2-4-18-15(10-14)11-19(26)22-18/h2-5,10,12H,6-9,11H2,1H3,(H,22,26). The Balaban J connectivity index is 1.40. The molecule has 1 fully saturated rings. The van der Waals surface area contributed by atoms with Crippen molar-refractivity contribution in [3.63, 3.8) is 0 Å². The molecule has 7 heteroatoms. The van der Waals surface area contributed by atoms with E-state index in [9.17, 15) is 14.4 Å². The largest absolute Gasteiger partial charge is 0.367 e. The van der Waals surface area contributed by atoms with Crippen LogP contribution in [0.3, 0.4) is 0 Å². The van der Waals surface area contributed by atoms with Crippen LogP contribution in [0.1, 0.15) is 33.3 Å². The molecule has 0 bridgehead atoms. The number of anilines is 2. The molecule has 2 aliphatic heterocycles. The summed E-state index contributed by atoms with van der Waals surface area (Å²) in [5.41, 5.74) is 3.70. The van der Waals surface area contributed by atoms with Gasteiger partial charge in [-0.2, -0.15) is 0 Å². The third-order valence-electron chi connectivity index (χ3n) is 5.02. The van der Waals surface area contributed by atoms with Gasteiger partial charge in [0.05, 0.1) is 18.3 Å². The zero-order chi connectivity index (χ0) is 19.0. The molecule has 2 aliphatic rings. The van der Waals surface area contributed by atoms with Crippen LogP contribution in [-0.4, -0.2) is 53.7 Å². The number of ketones is 1. The smallest absolute Gasteiger partial charge is 0.253 e. The molecular weight excluding hydrogens is 344 g/mol. The number of benzene rings is 1. The molecule has 3 heterocycles. The molecule has 1 aromatic carbocycles. The van der Waals surface area contributed by atoms with Crippen molar-refractivity contribution in [1.82, 2.24) is 9.88 Å². The van der Waals surface area contributed by atoms with Crippen LogP contribution in [0.25, 0.3) is 0 Å². The Morgan fingerprint density at radius 3 is 2.52 bits per heavy atom. The molecule has 0 spiro atoms. The Morgan fingerprint density at radius 2 is 1.85 bits per heavy atom. The van der Waals surface area contributed by atoms with E-state index in [1.165, 1.54) is 6.92 Å². The zero-order valence-electron chi connectivity index (χ0n) is 15.1. The molecule has 1 saturated heterocycles. The van der Waals surface area contributed by atoms with E-state index in [1.54, 1.807) is 24.4 Å². The number of fused-ring (bicyclic) bond motifs is 1. The normalized spacial score (nSPS) is 16.1. The topological polar surface area (TPSA) is 82.6 Å². The van der Waals surface area contributed by atoms with Gasteiger partial charge < -0.3 is 15.1 Å². The van der Waals surface area contributed by atoms with Crippen molar-refractivity contribution in [3.8, 4) is 0 Å². The molecule has 0 aliphatic carbocycles. The number of nitrogens with one attached hydrogen (secondary N) is 1. The zero-order valence-corrected chi connectivity index (χ0v) is 15.1. The maximum absolute atomic E-state index is 12.8. The number of hydrogen-bond acceptors (Lipinski definition) is 5. The summed E-state index contributed by atoms with van der Waals surface area (Å²) in [5.74, 6) is -0.0994.